The van der Waals surface area contributed by atoms with Gasteiger partial charge in [-0.25, -0.2) is 0 Å². The van der Waals surface area contributed by atoms with Crippen LogP contribution in [0, 0.1) is 5.41 Å². The number of aliphatic hydroxyl groups is 1. The summed E-state index contributed by atoms with van der Waals surface area (Å²) in [5.74, 6) is 0. The molecule has 1 atom stereocenters. The molecule has 2 rings (SSSR count). The summed E-state index contributed by atoms with van der Waals surface area (Å²) in [6, 6.07) is 10.2. The lowest BCUT2D eigenvalue weighted by Crippen LogP contribution is -2.25. The Balaban J connectivity index is 2.15. The maximum absolute atomic E-state index is 10.6. The second-order valence-corrected chi connectivity index (χ2v) is 7.28. The average molecular weight is 284 g/mol. The second-order valence-electron chi connectivity index (χ2n) is 7.28. The van der Waals surface area contributed by atoms with E-state index >= 15 is 0 Å². The molecule has 1 aromatic carbocycles. The van der Waals surface area contributed by atoms with Gasteiger partial charge in [-0.05, 0) is 49.7 Å². The third-order valence-electron chi connectivity index (χ3n) is 4.56. The first-order chi connectivity index (χ1) is 9.80. The summed E-state index contributed by atoms with van der Waals surface area (Å²) in [4.78, 5) is 0. The van der Waals surface area contributed by atoms with E-state index in [4.69, 9.17) is 0 Å². The first kappa shape index (κ1) is 16.0. The molecule has 1 unspecified atom stereocenters. The van der Waals surface area contributed by atoms with Gasteiger partial charge in [-0.15, -0.1) is 0 Å². The van der Waals surface area contributed by atoms with Gasteiger partial charge in [0, 0.05) is 6.42 Å². The molecule has 1 aromatic rings. The van der Waals surface area contributed by atoms with Crippen LogP contribution in [0.1, 0.15) is 52.5 Å². The fourth-order valence-electron chi connectivity index (χ4n) is 3.34. The molecule has 114 valence electrons. The summed E-state index contributed by atoms with van der Waals surface area (Å²) in [7, 11) is 0. The van der Waals surface area contributed by atoms with Crippen LogP contribution in [-0.2, 0) is 6.42 Å². The smallest absolute Gasteiger partial charge is 0.0842 e. The van der Waals surface area contributed by atoms with Gasteiger partial charge < -0.3 is 5.11 Å². The first-order valence-corrected chi connectivity index (χ1v) is 7.96. The highest BCUT2D eigenvalue weighted by atomic mass is 16.3. The van der Waals surface area contributed by atoms with Gasteiger partial charge in [-0.1, -0.05) is 61.9 Å². The summed E-state index contributed by atoms with van der Waals surface area (Å²) in [6.45, 7) is 8.73. The molecule has 0 aliphatic heterocycles. The molecule has 1 N–H and O–H groups in total. The van der Waals surface area contributed by atoms with Crippen molar-refractivity contribution in [1.82, 2.24) is 0 Å². The number of hydrogen-bond donors (Lipinski definition) is 1. The minimum Gasteiger partial charge on any atom is -0.386 e. The van der Waals surface area contributed by atoms with E-state index < -0.39 is 5.60 Å². The van der Waals surface area contributed by atoms with E-state index in [9.17, 15) is 5.11 Å². The van der Waals surface area contributed by atoms with Crippen LogP contribution in [0.4, 0.5) is 0 Å². The molecule has 0 saturated carbocycles. The van der Waals surface area contributed by atoms with Crippen LogP contribution in [0.2, 0.25) is 0 Å². The molecule has 1 heteroatoms. The first-order valence-electron chi connectivity index (χ1n) is 7.96. The van der Waals surface area contributed by atoms with Gasteiger partial charge >= 0.3 is 0 Å². The summed E-state index contributed by atoms with van der Waals surface area (Å²) in [6.07, 6.45) is 8.48. The Hall–Kier alpha value is -1.34. The molecule has 0 bridgehead atoms. The van der Waals surface area contributed by atoms with Crippen molar-refractivity contribution in [3.8, 4) is 0 Å². The van der Waals surface area contributed by atoms with Crippen LogP contribution in [0.3, 0.4) is 0 Å². The molecular weight excluding hydrogens is 256 g/mol. The Morgan fingerprint density at radius 3 is 2.52 bits per heavy atom. The number of hydrogen-bond acceptors (Lipinski definition) is 1. The SMILES string of the molecule is CC1=C(/C=C/C(C)(O)Cc2ccccc2)C(C)(C)CCC1. The van der Waals surface area contributed by atoms with E-state index in [1.807, 2.05) is 31.2 Å². The third-order valence-corrected chi connectivity index (χ3v) is 4.56. The Kier molecular flexibility index (Phi) is 4.73. The maximum atomic E-state index is 10.6. The van der Waals surface area contributed by atoms with E-state index in [-0.39, 0.29) is 5.41 Å². The average Bonchev–Trinajstić information content (AvgIpc) is 2.37. The molecule has 0 amide bonds. The molecule has 21 heavy (non-hydrogen) atoms. The standard InChI is InChI=1S/C20H28O/c1-16-9-8-13-19(2,3)18(16)12-14-20(4,21)15-17-10-6-5-7-11-17/h5-7,10-12,14,21H,8-9,13,15H2,1-4H3/b14-12+. The highest BCUT2D eigenvalue weighted by molar-refractivity contribution is 5.34. The van der Waals surface area contributed by atoms with Gasteiger partial charge in [-0.3, -0.25) is 0 Å². The lowest BCUT2D eigenvalue weighted by atomic mass is 9.72. The zero-order valence-electron chi connectivity index (χ0n) is 13.8. The summed E-state index contributed by atoms with van der Waals surface area (Å²) < 4.78 is 0. The predicted molar refractivity (Wildman–Crippen MR) is 90.2 cm³/mol. The van der Waals surface area contributed by atoms with Crippen LogP contribution < -0.4 is 0 Å². The Bertz CT molecular complexity index is 532. The van der Waals surface area contributed by atoms with Gasteiger partial charge in [0.15, 0.2) is 0 Å². The Labute approximate surface area is 129 Å². The van der Waals surface area contributed by atoms with Crippen molar-refractivity contribution in [2.45, 2.75) is 59.0 Å². The van der Waals surface area contributed by atoms with Gasteiger partial charge in [0.1, 0.15) is 0 Å². The fourth-order valence-corrected chi connectivity index (χ4v) is 3.34. The Morgan fingerprint density at radius 1 is 1.24 bits per heavy atom. The van der Waals surface area contributed by atoms with Crippen molar-refractivity contribution in [1.29, 1.82) is 0 Å². The zero-order valence-corrected chi connectivity index (χ0v) is 13.8. The van der Waals surface area contributed by atoms with Gasteiger partial charge in [-0.2, -0.15) is 0 Å². The van der Waals surface area contributed by atoms with Crippen LogP contribution in [0.25, 0.3) is 0 Å². The van der Waals surface area contributed by atoms with Crippen LogP contribution in [0.15, 0.2) is 53.6 Å². The highest BCUT2D eigenvalue weighted by Gasteiger charge is 2.27. The topological polar surface area (TPSA) is 20.2 Å². The molecule has 1 nitrogen and oxygen atoms in total. The molecule has 1 aliphatic rings. The summed E-state index contributed by atoms with van der Waals surface area (Å²) in [5.41, 5.74) is 3.46. The largest absolute Gasteiger partial charge is 0.386 e. The van der Waals surface area contributed by atoms with Crippen LogP contribution >= 0.6 is 0 Å². The number of benzene rings is 1. The minimum absolute atomic E-state index is 0.224. The highest BCUT2D eigenvalue weighted by Crippen LogP contribution is 2.41. The van der Waals surface area contributed by atoms with Crippen molar-refractivity contribution in [2.24, 2.45) is 5.41 Å². The van der Waals surface area contributed by atoms with Crippen molar-refractivity contribution < 1.29 is 5.11 Å². The zero-order chi connectivity index (χ0) is 15.5. The molecule has 1 aliphatic carbocycles. The fraction of sp³-hybridized carbons (Fsp3) is 0.500. The van der Waals surface area contributed by atoms with E-state index in [1.165, 1.54) is 36.0 Å². The lowest BCUT2D eigenvalue weighted by Gasteiger charge is -2.33. The monoisotopic (exact) mass is 284 g/mol. The van der Waals surface area contributed by atoms with E-state index in [2.05, 4.69) is 39.0 Å². The van der Waals surface area contributed by atoms with Gasteiger partial charge in [0.05, 0.1) is 5.60 Å². The van der Waals surface area contributed by atoms with Crippen molar-refractivity contribution >= 4 is 0 Å². The van der Waals surface area contributed by atoms with Crippen LogP contribution in [0.5, 0.6) is 0 Å². The third kappa shape index (κ3) is 4.31. The maximum Gasteiger partial charge on any atom is 0.0842 e. The van der Waals surface area contributed by atoms with E-state index in [1.54, 1.807) is 0 Å². The normalized spacial score (nSPS) is 21.6. The molecule has 0 radical (unpaired) electrons. The second kappa shape index (κ2) is 6.19. The van der Waals surface area contributed by atoms with Crippen molar-refractivity contribution in [3.63, 3.8) is 0 Å². The number of allylic oxidation sites excluding steroid dienone is 3. The van der Waals surface area contributed by atoms with Crippen molar-refractivity contribution in [2.75, 3.05) is 0 Å². The summed E-state index contributed by atoms with van der Waals surface area (Å²) >= 11 is 0. The lowest BCUT2D eigenvalue weighted by molar-refractivity contribution is 0.112. The molecule has 0 heterocycles. The summed E-state index contributed by atoms with van der Waals surface area (Å²) in [5, 5.41) is 10.6. The molecule has 0 spiro atoms. The quantitative estimate of drug-likeness (QED) is 0.819. The molecule has 0 saturated heterocycles. The molecule has 0 fully saturated rings. The van der Waals surface area contributed by atoms with Gasteiger partial charge in [0.2, 0.25) is 0 Å². The van der Waals surface area contributed by atoms with E-state index in [0.717, 1.165) is 0 Å². The number of rotatable bonds is 4. The molecule has 0 aromatic heterocycles. The Morgan fingerprint density at radius 2 is 1.90 bits per heavy atom. The van der Waals surface area contributed by atoms with Gasteiger partial charge in [0.25, 0.3) is 0 Å². The predicted octanol–water partition coefficient (Wildman–Crippen LogP) is 5.06. The van der Waals surface area contributed by atoms with E-state index in [0.29, 0.717) is 6.42 Å². The molecular formula is C20H28O. The minimum atomic E-state index is -0.803. The van der Waals surface area contributed by atoms with Crippen molar-refractivity contribution in [3.05, 3.63) is 59.2 Å². The van der Waals surface area contributed by atoms with Crippen LogP contribution in [-0.4, -0.2) is 10.7 Å².